The molecule has 0 saturated heterocycles. The van der Waals surface area contributed by atoms with Crippen LogP contribution < -0.4 is 10.6 Å². The van der Waals surface area contributed by atoms with E-state index in [0.29, 0.717) is 25.7 Å². The Bertz CT molecular complexity index is 611. The minimum atomic E-state index is -4.74. The van der Waals surface area contributed by atoms with Crippen LogP contribution in [0.25, 0.3) is 0 Å². The number of carboxylic acids is 1. The summed E-state index contributed by atoms with van der Waals surface area (Å²) in [6.45, 7) is 0. The Balaban J connectivity index is 1.96. The van der Waals surface area contributed by atoms with Gasteiger partial charge in [0.15, 0.2) is 6.04 Å². The van der Waals surface area contributed by atoms with Crippen molar-refractivity contribution in [1.82, 2.24) is 10.6 Å². The van der Waals surface area contributed by atoms with Gasteiger partial charge in [0, 0.05) is 6.04 Å². The first-order valence-corrected chi connectivity index (χ1v) is 7.79. The quantitative estimate of drug-likeness (QED) is 0.719. The van der Waals surface area contributed by atoms with Crippen molar-refractivity contribution in [3.8, 4) is 0 Å². The van der Waals surface area contributed by atoms with Gasteiger partial charge in [-0.05, 0) is 43.4 Å². The van der Waals surface area contributed by atoms with Crippen molar-refractivity contribution in [2.75, 3.05) is 0 Å². The summed E-state index contributed by atoms with van der Waals surface area (Å²) in [4.78, 5) is 22.8. The summed E-state index contributed by atoms with van der Waals surface area (Å²) in [7, 11) is 0. The summed E-state index contributed by atoms with van der Waals surface area (Å²) >= 11 is 0. The van der Waals surface area contributed by atoms with Gasteiger partial charge < -0.3 is 15.7 Å². The van der Waals surface area contributed by atoms with Crippen molar-refractivity contribution in [1.29, 1.82) is 0 Å². The third kappa shape index (κ3) is 5.33. The number of nitrogens with one attached hydrogen (secondary N) is 2. The van der Waals surface area contributed by atoms with Crippen molar-refractivity contribution in [2.45, 2.75) is 43.9 Å². The van der Waals surface area contributed by atoms with Gasteiger partial charge in [0.25, 0.3) is 0 Å². The highest BCUT2D eigenvalue weighted by atomic mass is 19.4. The summed E-state index contributed by atoms with van der Waals surface area (Å²) < 4.78 is 52.4. The summed E-state index contributed by atoms with van der Waals surface area (Å²) in [6, 6.07) is 0.0749. The van der Waals surface area contributed by atoms with E-state index in [1.807, 2.05) is 5.32 Å². The highest BCUT2D eigenvalue weighted by Crippen LogP contribution is 2.32. The van der Waals surface area contributed by atoms with Gasteiger partial charge in [0.2, 0.25) is 0 Å². The zero-order valence-electron chi connectivity index (χ0n) is 13.1. The predicted molar refractivity (Wildman–Crippen MR) is 80.2 cm³/mol. The topological polar surface area (TPSA) is 78.4 Å². The Labute approximate surface area is 141 Å². The first-order chi connectivity index (χ1) is 11.7. The second kappa shape index (κ2) is 7.71. The number of hydrogen-bond donors (Lipinski definition) is 3. The molecular weight excluding hydrogens is 344 g/mol. The lowest BCUT2D eigenvalue weighted by Gasteiger charge is -2.28. The molecule has 0 bridgehead atoms. The maximum atomic E-state index is 13.2. The van der Waals surface area contributed by atoms with Crippen LogP contribution in [0.1, 0.15) is 37.3 Å². The molecule has 0 unspecified atom stereocenters. The summed E-state index contributed by atoms with van der Waals surface area (Å²) in [5.74, 6) is -2.07. The second-order valence-electron chi connectivity index (χ2n) is 6.03. The number of carbonyl (C=O) groups is 2. The second-order valence-corrected chi connectivity index (χ2v) is 6.03. The lowest BCUT2D eigenvalue weighted by Crippen LogP contribution is -2.48. The first-order valence-electron chi connectivity index (χ1n) is 7.79. The zero-order valence-corrected chi connectivity index (χ0v) is 13.1. The van der Waals surface area contributed by atoms with Crippen LogP contribution in [0.2, 0.25) is 0 Å². The minimum absolute atomic E-state index is 0.279. The Morgan fingerprint density at radius 3 is 2.12 bits per heavy atom. The van der Waals surface area contributed by atoms with Gasteiger partial charge in [-0.25, -0.2) is 9.18 Å². The van der Waals surface area contributed by atoms with Crippen molar-refractivity contribution < 1.29 is 32.3 Å². The van der Waals surface area contributed by atoms with E-state index < -0.39 is 36.0 Å². The molecule has 1 fully saturated rings. The maximum Gasteiger partial charge on any atom is 0.412 e. The van der Waals surface area contributed by atoms with Gasteiger partial charge in [-0.15, -0.1) is 0 Å². The smallest absolute Gasteiger partial charge is 0.412 e. The van der Waals surface area contributed by atoms with E-state index in [0.717, 1.165) is 24.3 Å². The van der Waals surface area contributed by atoms with E-state index in [4.69, 9.17) is 5.11 Å². The van der Waals surface area contributed by atoms with Crippen LogP contribution in [-0.2, 0) is 4.79 Å². The molecule has 1 aliphatic carbocycles. The molecule has 5 nitrogen and oxygen atoms in total. The van der Waals surface area contributed by atoms with Crippen molar-refractivity contribution >= 4 is 12.0 Å². The lowest BCUT2D eigenvalue weighted by molar-refractivity contribution is -0.155. The highest BCUT2D eigenvalue weighted by molar-refractivity contribution is 5.75. The average molecular weight is 362 g/mol. The average Bonchev–Trinajstić information content (AvgIpc) is 2.53. The summed E-state index contributed by atoms with van der Waals surface area (Å²) in [5.41, 5.74) is -0.279. The molecular formula is C16H18F4N2O3. The van der Waals surface area contributed by atoms with Crippen LogP contribution in [0.15, 0.2) is 24.3 Å². The fourth-order valence-electron chi connectivity index (χ4n) is 2.85. The van der Waals surface area contributed by atoms with Gasteiger partial charge in [-0.2, -0.15) is 13.2 Å². The number of urea groups is 1. The molecule has 1 saturated carbocycles. The number of rotatable bonds is 4. The molecule has 25 heavy (non-hydrogen) atoms. The lowest BCUT2D eigenvalue weighted by atomic mass is 9.86. The molecule has 2 rings (SSSR count). The maximum absolute atomic E-state index is 13.2. The van der Waals surface area contributed by atoms with E-state index in [1.54, 1.807) is 0 Å². The van der Waals surface area contributed by atoms with Gasteiger partial charge in [-0.1, -0.05) is 12.1 Å². The molecule has 0 spiro atoms. The molecule has 1 aliphatic rings. The molecule has 0 aromatic heterocycles. The molecule has 0 radical (unpaired) electrons. The summed E-state index contributed by atoms with van der Waals surface area (Å²) in [6.07, 6.45) is -3.24. The largest absolute Gasteiger partial charge is 0.481 e. The third-order valence-electron chi connectivity index (χ3n) is 4.22. The predicted octanol–water partition coefficient (Wildman–Crippen LogP) is 3.37. The van der Waals surface area contributed by atoms with Crippen LogP contribution in [0.3, 0.4) is 0 Å². The van der Waals surface area contributed by atoms with Crippen LogP contribution in [0.5, 0.6) is 0 Å². The molecule has 138 valence electrons. The van der Waals surface area contributed by atoms with Gasteiger partial charge in [-0.3, -0.25) is 4.79 Å². The van der Waals surface area contributed by atoms with Crippen molar-refractivity contribution in [2.24, 2.45) is 5.92 Å². The van der Waals surface area contributed by atoms with Crippen molar-refractivity contribution in [3.05, 3.63) is 35.6 Å². The van der Waals surface area contributed by atoms with E-state index in [-0.39, 0.29) is 11.6 Å². The molecule has 0 heterocycles. The molecule has 1 aromatic carbocycles. The number of alkyl halides is 3. The van der Waals surface area contributed by atoms with Gasteiger partial charge in [0.05, 0.1) is 5.92 Å². The fourth-order valence-corrected chi connectivity index (χ4v) is 2.85. The number of amides is 2. The standard InChI is InChI=1S/C16H18F4N2O3/c17-11-5-1-9(2-6-11)13(16(18,19)20)22-15(25)21-12-7-3-10(4-8-12)14(23)24/h1-2,5-6,10,12-13H,3-4,7-8H2,(H,23,24)(H2,21,22,25)/t10?,12?,13-/m1/s1. The number of hydrogen-bond acceptors (Lipinski definition) is 2. The van der Waals surface area contributed by atoms with Crippen LogP contribution >= 0.6 is 0 Å². The number of halogens is 4. The third-order valence-corrected chi connectivity index (χ3v) is 4.22. The van der Waals surface area contributed by atoms with Crippen LogP contribution in [0.4, 0.5) is 22.4 Å². The summed E-state index contributed by atoms with van der Waals surface area (Å²) in [5, 5.41) is 13.2. The van der Waals surface area contributed by atoms with Gasteiger partial charge >= 0.3 is 18.2 Å². The molecule has 0 aliphatic heterocycles. The van der Waals surface area contributed by atoms with Gasteiger partial charge in [0.1, 0.15) is 5.82 Å². The van der Waals surface area contributed by atoms with Crippen LogP contribution in [-0.4, -0.2) is 29.3 Å². The Morgan fingerprint density at radius 2 is 1.64 bits per heavy atom. The Hall–Kier alpha value is -2.32. The highest BCUT2D eigenvalue weighted by Gasteiger charge is 2.42. The Morgan fingerprint density at radius 1 is 1.08 bits per heavy atom. The molecule has 3 N–H and O–H groups in total. The molecule has 9 heteroatoms. The zero-order chi connectivity index (χ0) is 18.6. The number of benzene rings is 1. The molecule has 1 aromatic rings. The monoisotopic (exact) mass is 362 g/mol. The minimum Gasteiger partial charge on any atom is -0.481 e. The van der Waals surface area contributed by atoms with E-state index >= 15 is 0 Å². The molecule has 1 atom stereocenters. The first kappa shape index (κ1) is 19.0. The molecule has 2 amide bonds. The fraction of sp³-hybridized carbons (Fsp3) is 0.500. The van der Waals surface area contributed by atoms with E-state index in [9.17, 15) is 27.2 Å². The SMILES string of the molecule is O=C(NC1CCC(C(=O)O)CC1)N[C@H](c1ccc(F)cc1)C(F)(F)F. The number of carbonyl (C=O) groups excluding carboxylic acids is 1. The number of carboxylic acid groups (broad SMARTS) is 1. The van der Waals surface area contributed by atoms with E-state index in [2.05, 4.69) is 5.32 Å². The number of aliphatic carboxylic acids is 1. The normalized spacial score (nSPS) is 22.1. The van der Waals surface area contributed by atoms with E-state index in [1.165, 1.54) is 0 Å². The van der Waals surface area contributed by atoms with Crippen LogP contribution in [0, 0.1) is 11.7 Å². The Kier molecular flexibility index (Phi) is 5.86. The van der Waals surface area contributed by atoms with Crippen molar-refractivity contribution in [3.63, 3.8) is 0 Å².